The van der Waals surface area contributed by atoms with Crippen molar-refractivity contribution in [2.75, 3.05) is 18.5 Å². The Morgan fingerprint density at radius 1 is 1.37 bits per heavy atom. The Hall–Kier alpha value is -1.09. The van der Waals surface area contributed by atoms with Gasteiger partial charge >= 0.3 is 0 Å². The van der Waals surface area contributed by atoms with Gasteiger partial charge in [0.05, 0.1) is 5.69 Å². The maximum atomic E-state index is 4.43. The molecule has 0 aromatic carbocycles. The molecule has 0 aliphatic carbocycles. The number of pyridine rings is 1. The summed E-state index contributed by atoms with van der Waals surface area (Å²) in [4.78, 5) is 6.76. The Morgan fingerprint density at radius 2 is 2.05 bits per heavy atom. The van der Waals surface area contributed by atoms with Crippen LogP contribution in [0.15, 0.2) is 18.3 Å². The fraction of sp³-hybridized carbons (Fsp3) is 0.688. The minimum Gasteiger partial charge on any atom is -0.371 e. The molecule has 1 unspecified atom stereocenters. The lowest BCUT2D eigenvalue weighted by molar-refractivity contribution is 0.329. The Labute approximate surface area is 118 Å². The lowest BCUT2D eigenvalue weighted by atomic mass is 9.87. The van der Waals surface area contributed by atoms with Gasteiger partial charge in [-0.2, -0.15) is 0 Å². The van der Waals surface area contributed by atoms with Crippen LogP contribution in [0.4, 0.5) is 5.69 Å². The van der Waals surface area contributed by atoms with Crippen molar-refractivity contribution in [2.45, 2.75) is 53.6 Å². The molecular formula is C16H29N3. The number of anilines is 1. The van der Waals surface area contributed by atoms with Gasteiger partial charge in [0.25, 0.3) is 0 Å². The van der Waals surface area contributed by atoms with E-state index in [-0.39, 0.29) is 5.41 Å². The van der Waals surface area contributed by atoms with Gasteiger partial charge in [0.2, 0.25) is 0 Å². The van der Waals surface area contributed by atoms with Gasteiger partial charge in [-0.05, 0) is 37.4 Å². The van der Waals surface area contributed by atoms with Gasteiger partial charge in [0.15, 0.2) is 0 Å². The predicted octanol–water partition coefficient (Wildman–Crippen LogP) is 3.45. The third-order valence-electron chi connectivity index (χ3n) is 3.77. The van der Waals surface area contributed by atoms with Crippen LogP contribution in [0.1, 0.15) is 46.7 Å². The van der Waals surface area contributed by atoms with Crippen LogP contribution in [0.5, 0.6) is 0 Å². The number of hydrogen-bond donors (Lipinski definition) is 1. The smallest absolute Gasteiger partial charge is 0.0562 e. The van der Waals surface area contributed by atoms with Crippen molar-refractivity contribution in [3.05, 3.63) is 24.0 Å². The monoisotopic (exact) mass is 263 g/mol. The maximum Gasteiger partial charge on any atom is 0.0562 e. The summed E-state index contributed by atoms with van der Waals surface area (Å²) in [7, 11) is 2.16. The molecule has 3 nitrogen and oxygen atoms in total. The van der Waals surface area contributed by atoms with Crippen LogP contribution in [-0.4, -0.2) is 24.6 Å². The number of hydrogen-bond acceptors (Lipinski definition) is 3. The zero-order chi connectivity index (χ0) is 14.5. The minimum absolute atomic E-state index is 0.263. The number of aromatic nitrogens is 1. The summed E-state index contributed by atoms with van der Waals surface area (Å²) in [5, 5.41) is 3.40. The molecule has 1 N–H and O–H groups in total. The predicted molar refractivity (Wildman–Crippen MR) is 83.6 cm³/mol. The van der Waals surface area contributed by atoms with Crippen molar-refractivity contribution >= 4 is 5.69 Å². The minimum atomic E-state index is 0.263. The standard InChI is InChI=1S/C16H29N3/c1-7-9-17-12-14-11-15(8-10-18-14)19(6)13(2)16(3,4)5/h8,10-11,13,17H,7,9,12H2,1-6H3. The molecule has 0 spiro atoms. The van der Waals surface area contributed by atoms with Crippen molar-refractivity contribution < 1.29 is 0 Å². The molecule has 3 heteroatoms. The molecule has 0 fully saturated rings. The first kappa shape index (κ1) is 16.0. The summed E-state index contributed by atoms with van der Waals surface area (Å²) in [5.41, 5.74) is 2.61. The van der Waals surface area contributed by atoms with Crippen LogP contribution in [0.2, 0.25) is 0 Å². The summed E-state index contributed by atoms with van der Waals surface area (Å²) >= 11 is 0. The third kappa shape index (κ3) is 4.83. The quantitative estimate of drug-likeness (QED) is 0.797. The molecule has 1 heterocycles. The van der Waals surface area contributed by atoms with E-state index in [1.165, 1.54) is 5.69 Å². The van der Waals surface area contributed by atoms with Gasteiger partial charge in [-0.1, -0.05) is 27.7 Å². The highest BCUT2D eigenvalue weighted by Crippen LogP contribution is 2.27. The van der Waals surface area contributed by atoms with E-state index in [2.05, 4.69) is 69.0 Å². The normalized spacial score (nSPS) is 13.4. The molecule has 0 aliphatic heterocycles. The van der Waals surface area contributed by atoms with Gasteiger partial charge < -0.3 is 10.2 Å². The molecule has 1 aromatic heterocycles. The Balaban J connectivity index is 2.75. The van der Waals surface area contributed by atoms with E-state index in [9.17, 15) is 0 Å². The molecule has 0 bridgehead atoms. The summed E-state index contributed by atoms with van der Waals surface area (Å²) in [6.45, 7) is 13.2. The fourth-order valence-electron chi connectivity index (χ4n) is 1.98. The molecule has 1 rings (SSSR count). The first-order valence-corrected chi connectivity index (χ1v) is 7.24. The largest absolute Gasteiger partial charge is 0.371 e. The Kier molecular flexibility index (Phi) is 5.80. The maximum absolute atomic E-state index is 4.43. The van der Waals surface area contributed by atoms with E-state index >= 15 is 0 Å². The van der Waals surface area contributed by atoms with Gasteiger partial charge in [0, 0.05) is 31.5 Å². The van der Waals surface area contributed by atoms with E-state index in [0.29, 0.717) is 6.04 Å². The first-order chi connectivity index (χ1) is 8.86. The lowest BCUT2D eigenvalue weighted by Gasteiger charge is -2.37. The van der Waals surface area contributed by atoms with Crippen LogP contribution in [0, 0.1) is 5.41 Å². The molecule has 1 atom stereocenters. The van der Waals surface area contributed by atoms with Crippen LogP contribution in [-0.2, 0) is 6.54 Å². The molecule has 0 saturated carbocycles. The zero-order valence-electron chi connectivity index (χ0n) is 13.3. The van der Waals surface area contributed by atoms with Crippen LogP contribution in [0.25, 0.3) is 0 Å². The molecule has 0 amide bonds. The Morgan fingerprint density at radius 3 is 2.63 bits per heavy atom. The second-order valence-electron chi connectivity index (χ2n) is 6.34. The van der Waals surface area contributed by atoms with Crippen LogP contribution in [0.3, 0.4) is 0 Å². The molecule has 0 radical (unpaired) electrons. The van der Waals surface area contributed by atoms with Gasteiger partial charge in [0.1, 0.15) is 0 Å². The summed E-state index contributed by atoms with van der Waals surface area (Å²) in [5.74, 6) is 0. The van der Waals surface area contributed by atoms with E-state index < -0.39 is 0 Å². The average molecular weight is 263 g/mol. The van der Waals surface area contributed by atoms with Crippen molar-refractivity contribution in [3.63, 3.8) is 0 Å². The van der Waals surface area contributed by atoms with Gasteiger partial charge in [-0.25, -0.2) is 0 Å². The number of nitrogens with one attached hydrogen (secondary N) is 1. The van der Waals surface area contributed by atoms with Crippen molar-refractivity contribution in [3.8, 4) is 0 Å². The molecule has 108 valence electrons. The molecule has 1 aromatic rings. The lowest BCUT2D eigenvalue weighted by Crippen LogP contribution is -2.39. The first-order valence-electron chi connectivity index (χ1n) is 7.24. The van der Waals surface area contributed by atoms with Crippen molar-refractivity contribution in [1.29, 1.82) is 0 Å². The second-order valence-corrected chi connectivity index (χ2v) is 6.34. The highest BCUT2D eigenvalue weighted by atomic mass is 15.1. The van der Waals surface area contributed by atoms with E-state index in [4.69, 9.17) is 0 Å². The highest BCUT2D eigenvalue weighted by Gasteiger charge is 2.24. The topological polar surface area (TPSA) is 28.2 Å². The summed E-state index contributed by atoms with van der Waals surface area (Å²) in [6.07, 6.45) is 3.06. The summed E-state index contributed by atoms with van der Waals surface area (Å²) in [6, 6.07) is 4.75. The van der Waals surface area contributed by atoms with Gasteiger partial charge in [-0.15, -0.1) is 0 Å². The summed E-state index contributed by atoms with van der Waals surface area (Å²) < 4.78 is 0. The SMILES string of the molecule is CCCNCc1cc(N(C)C(C)C(C)(C)C)ccn1. The zero-order valence-corrected chi connectivity index (χ0v) is 13.3. The van der Waals surface area contributed by atoms with E-state index in [1.54, 1.807) is 0 Å². The average Bonchev–Trinajstić information content (AvgIpc) is 2.36. The number of rotatable bonds is 6. The Bertz CT molecular complexity index is 382. The van der Waals surface area contributed by atoms with Crippen LogP contribution < -0.4 is 10.2 Å². The van der Waals surface area contributed by atoms with Gasteiger partial charge in [-0.3, -0.25) is 4.98 Å². The number of nitrogens with zero attached hydrogens (tertiary/aromatic N) is 2. The molecule has 19 heavy (non-hydrogen) atoms. The molecule has 0 aliphatic rings. The third-order valence-corrected chi connectivity index (χ3v) is 3.77. The fourth-order valence-corrected chi connectivity index (χ4v) is 1.98. The molecular weight excluding hydrogens is 234 g/mol. The van der Waals surface area contributed by atoms with E-state index in [0.717, 1.165) is 25.2 Å². The van der Waals surface area contributed by atoms with Crippen LogP contribution >= 0.6 is 0 Å². The highest BCUT2D eigenvalue weighted by molar-refractivity contribution is 5.47. The molecule has 0 saturated heterocycles. The van der Waals surface area contributed by atoms with E-state index in [1.807, 2.05) is 6.20 Å². The second kappa shape index (κ2) is 6.90. The van der Waals surface area contributed by atoms with Crippen molar-refractivity contribution in [2.24, 2.45) is 5.41 Å². The van der Waals surface area contributed by atoms with Crippen molar-refractivity contribution in [1.82, 2.24) is 10.3 Å².